The van der Waals surface area contributed by atoms with E-state index in [1.807, 2.05) is 10.8 Å². The summed E-state index contributed by atoms with van der Waals surface area (Å²) in [6.45, 7) is 3.57. The molecule has 2 rings (SSSR count). The number of carbonyl (C=O) groups excluding carboxylic acids is 1. The van der Waals surface area contributed by atoms with Crippen molar-refractivity contribution in [1.82, 2.24) is 4.72 Å². The summed E-state index contributed by atoms with van der Waals surface area (Å²) < 4.78 is 25.9. The number of allylic oxidation sites excluding steroid dienone is 1. The smallest absolute Gasteiger partial charge is 0.264 e. The number of hydrogen-bond acceptors (Lipinski definition) is 4. The Morgan fingerprint density at radius 2 is 2.05 bits per heavy atom. The number of amides is 1. The molecule has 1 aromatic rings. The summed E-state index contributed by atoms with van der Waals surface area (Å²) in [5, 5.41) is 8.64. The van der Waals surface area contributed by atoms with E-state index in [0.717, 1.165) is 0 Å². The Hall–Kier alpha value is -2.13. The van der Waals surface area contributed by atoms with Gasteiger partial charge in [-0.3, -0.25) is 4.79 Å². The summed E-state index contributed by atoms with van der Waals surface area (Å²) in [5.74, 6) is -0.740. The van der Waals surface area contributed by atoms with Gasteiger partial charge in [0.1, 0.15) is 0 Å². The third-order valence-electron chi connectivity index (χ3n) is 3.01. The van der Waals surface area contributed by atoms with Gasteiger partial charge in [0.05, 0.1) is 16.5 Å². The second-order valence-corrected chi connectivity index (χ2v) is 6.03. The first kappa shape index (κ1) is 13.3. The Morgan fingerprint density at radius 3 is 2.53 bits per heavy atom. The van der Waals surface area contributed by atoms with Crippen molar-refractivity contribution in [2.24, 2.45) is 11.8 Å². The molecule has 1 fully saturated rings. The van der Waals surface area contributed by atoms with Crippen molar-refractivity contribution in [3.8, 4) is 6.07 Å². The second kappa shape index (κ2) is 4.86. The van der Waals surface area contributed by atoms with Crippen LogP contribution in [-0.4, -0.2) is 14.3 Å². The van der Waals surface area contributed by atoms with Crippen LogP contribution in [0.2, 0.25) is 0 Å². The number of hydrogen-bond donors (Lipinski definition) is 1. The van der Waals surface area contributed by atoms with E-state index in [1.165, 1.54) is 24.3 Å². The van der Waals surface area contributed by atoms with Crippen LogP contribution in [0.5, 0.6) is 0 Å². The van der Waals surface area contributed by atoms with Crippen LogP contribution in [0.1, 0.15) is 12.0 Å². The standard InChI is InChI=1S/C13H12N2O3S/c1-2-10-7-12(10)13(16)15-19(17,18)11-5-3-9(8-14)4-6-11/h2-6,10,12H,1,7H2,(H,15,16)/t10?,12-/m0/s1. The first-order chi connectivity index (χ1) is 8.97. The lowest BCUT2D eigenvalue weighted by molar-refractivity contribution is -0.120. The van der Waals surface area contributed by atoms with Crippen molar-refractivity contribution in [3.63, 3.8) is 0 Å². The minimum absolute atomic E-state index is 0.0318. The highest BCUT2D eigenvalue weighted by molar-refractivity contribution is 7.90. The van der Waals surface area contributed by atoms with E-state index in [-0.39, 0.29) is 16.7 Å². The lowest BCUT2D eigenvalue weighted by atomic mass is 10.2. The van der Waals surface area contributed by atoms with E-state index in [0.29, 0.717) is 12.0 Å². The first-order valence-electron chi connectivity index (χ1n) is 5.67. The fourth-order valence-electron chi connectivity index (χ4n) is 1.75. The molecule has 5 nitrogen and oxygen atoms in total. The van der Waals surface area contributed by atoms with Crippen LogP contribution in [0.15, 0.2) is 41.8 Å². The molecule has 19 heavy (non-hydrogen) atoms. The Bertz CT molecular complexity index is 656. The average Bonchev–Trinajstić information content (AvgIpc) is 3.18. The number of carbonyl (C=O) groups is 1. The van der Waals surface area contributed by atoms with Gasteiger partial charge in [-0.25, -0.2) is 13.1 Å². The molecule has 1 N–H and O–H groups in total. The summed E-state index contributed by atoms with van der Waals surface area (Å²) in [5.41, 5.74) is 0.360. The number of sulfonamides is 1. The van der Waals surface area contributed by atoms with Gasteiger partial charge in [-0.1, -0.05) is 6.08 Å². The van der Waals surface area contributed by atoms with Crippen molar-refractivity contribution in [1.29, 1.82) is 5.26 Å². The number of nitriles is 1. The number of nitrogens with one attached hydrogen (secondary N) is 1. The summed E-state index contributed by atoms with van der Waals surface area (Å²) >= 11 is 0. The molecule has 1 unspecified atom stereocenters. The molecule has 1 aliphatic carbocycles. The zero-order chi connectivity index (χ0) is 14.0. The molecule has 1 saturated carbocycles. The summed E-state index contributed by atoms with van der Waals surface area (Å²) in [4.78, 5) is 11.7. The third-order valence-corrected chi connectivity index (χ3v) is 4.37. The zero-order valence-corrected chi connectivity index (χ0v) is 10.9. The molecule has 0 radical (unpaired) electrons. The lowest BCUT2D eigenvalue weighted by Gasteiger charge is -2.06. The molecular weight excluding hydrogens is 264 g/mol. The topological polar surface area (TPSA) is 87.0 Å². The number of nitrogens with zero attached hydrogens (tertiary/aromatic N) is 1. The van der Waals surface area contributed by atoms with Crippen LogP contribution in [0.3, 0.4) is 0 Å². The SMILES string of the molecule is C=CC1C[C@@H]1C(=O)NS(=O)(=O)c1ccc(C#N)cc1. The monoisotopic (exact) mass is 276 g/mol. The van der Waals surface area contributed by atoms with Crippen LogP contribution in [0, 0.1) is 23.2 Å². The normalized spacial score (nSPS) is 21.2. The average molecular weight is 276 g/mol. The van der Waals surface area contributed by atoms with Crippen molar-refractivity contribution in [3.05, 3.63) is 42.5 Å². The van der Waals surface area contributed by atoms with Gasteiger partial charge >= 0.3 is 0 Å². The summed E-state index contributed by atoms with van der Waals surface area (Å²) in [7, 11) is -3.86. The van der Waals surface area contributed by atoms with Gasteiger partial charge in [-0.05, 0) is 36.6 Å². The van der Waals surface area contributed by atoms with Crippen LogP contribution in [-0.2, 0) is 14.8 Å². The quantitative estimate of drug-likeness (QED) is 0.837. The van der Waals surface area contributed by atoms with Crippen molar-refractivity contribution in [2.75, 3.05) is 0 Å². The van der Waals surface area contributed by atoms with Gasteiger partial charge in [-0.2, -0.15) is 5.26 Å². The van der Waals surface area contributed by atoms with Crippen molar-refractivity contribution >= 4 is 15.9 Å². The zero-order valence-electron chi connectivity index (χ0n) is 10.0. The molecule has 0 spiro atoms. The van der Waals surface area contributed by atoms with Crippen molar-refractivity contribution in [2.45, 2.75) is 11.3 Å². The number of benzene rings is 1. The molecule has 0 heterocycles. The van der Waals surface area contributed by atoms with Crippen LogP contribution >= 0.6 is 0 Å². The maximum absolute atomic E-state index is 11.9. The Morgan fingerprint density at radius 1 is 1.42 bits per heavy atom. The fourth-order valence-corrected chi connectivity index (χ4v) is 2.78. The van der Waals surface area contributed by atoms with Gasteiger partial charge in [0.25, 0.3) is 10.0 Å². The maximum atomic E-state index is 11.9. The van der Waals surface area contributed by atoms with Gasteiger partial charge in [0.2, 0.25) is 5.91 Å². The highest BCUT2D eigenvalue weighted by Gasteiger charge is 2.42. The minimum Gasteiger partial charge on any atom is -0.274 e. The fraction of sp³-hybridized carbons (Fsp3) is 0.231. The van der Waals surface area contributed by atoms with E-state index in [4.69, 9.17) is 5.26 Å². The first-order valence-corrected chi connectivity index (χ1v) is 7.15. The van der Waals surface area contributed by atoms with Gasteiger partial charge < -0.3 is 0 Å². The molecule has 0 aliphatic heterocycles. The molecule has 0 saturated heterocycles. The lowest BCUT2D eigenvalue weighted by Crippen LogP contribution is -2.32. The molecule has 0 aromatic heterocycles. The van der Waals surface area contributed by atoms with Crippen LogP contribution in [0.4, 0.5) is 0 Å². The highest BCUT2D eigenvalue weighted by atomic mass is 32.2. The second-order valence-electron chi connectivity index (χ2n) is 4.35. The third kappa shape index (κ3) is 2.83. The van der Waals surface area contributed by atoms with Gasteiger partial charge in [0.15, 0.2) is 0 Å². The van der Waals surface area contributed by atoms with E-state index in [1.54, 1.807) is 6.08 Å². The Kier molecular flexibility index (Phi) is 3.40. The highest BCUT2D eigenvalue weighted by Crippen LogP contribution is 2.39. The summed E-state index contributed by atoms with van der Waals surface area (Å²) in [6, 6.07) is 7.27. The molecule has 2 atom stereocenters. The van der Waals surface area contributed by atoms with Crippen molar-refractivity contribution < 1.29 is 13.2 Å². The molecule has 98 valence electrons. The predicted molar refractivity (Wildman–Crippen MR) is 68.3 cm³/mol. The molecule has 1 amide bonds. The maximum Gasteiger partial charge on any atom is 0.264 e. The Labute approximate surface area is 111 Å². The predicted octanol–water partition coefficient (Wildman–Crippen LogP) is 1.19. The minimum atomic E-state index is -3.86. The molecule has 0 bridgehead atoms. The van der Waals surface area contributed by atoms with Gasteiger partial charge in [-0.15, -0.1) is 6.58 Å². The molecular formula is C13H12N2O3S. The van der Waals surface area contributed by atoms with E-state index >= 15 is 0 Å². The molecule has 1 aromatic carbocycles. The van der Waals surface area contributed by atoms with E-state index < -0.39 is 15.9 Å². The van der Waals surface area contributed by atoms with Gasteiger partial charge in [0, 0.05) is 5.92 Å². The van der Waals surface area contributed by atoms with Crippen LogP contribution < -0.4 is 4.72 Å². The summed E-state index contributed by atoms with van der Waals surface area (Å²) in [6.07, 6.45) is 2.29. The van der Waals surface area contributed by atoms with E-state index in [2.05, 4.69) is 6.58 Å². The molecule has 6 heteroatoms. The van der Waals surface area contributed by atoms with Crippen LogP contribution in [0.25, 0.3) is 0 Å². The number of rotatable bonds is 4. The van der Waals surface area contributed by atoms with E-state index in [9.17, 15) is 13.2 Å². The Balaban J connectivity index is 2.12. The largest absolute Gasteiger partial charge is 0.274 e. The molecule has 1 aliphatic rings.